The number of halogens is 1. The molecule has 1 aliphatic carbocycles. The van der Waals surface area contributed by atoms with Crippen molar-refractivity contribution in [1.82, 2.24) is 15.5 Å². The Balaban J connectivity index is 0.00000363. The lowest BCUT2D eigenvalue weighted by Crippen LogP contribution is -2.38. The van der Waals surface area contributed by atoms with Crippen LogP contribution in [0.15, 0.2) is 40.9 Å². The summed E-state index contributed by atoms with van der Waals surface area (Å²) in [6, 6.07) is 8.93. The average molecular weight is 557 g/mol. The van der Waals surface area contributed by atoms with Crippen LogP contribution < -0.4 is 15.4 Å². The maximum Gasteiger partial charge on any atom is 0.191 e. The first-order valence-electron chi connectivity index (χ1n) is 11.9. The summed E-state index contributed by atoms with van der Waals surface area (Å²) in [4.78, 5) is 6.75. The fraction of sp³-hybridized carbons (Fsp3) is 0.640. The summed E-state index contributed by atoms with van der Waals surface area (Å²) in [7, 11) is 4.01. The van der Waals surface area contributed by atoms with Gasteiger partial charge in [-0.25, -0.2) is 0 Å². The smallest absolute Gasteiger partial charge is 0.191 e. The Morgan fingerprint density at radius 3 is 2.81 bits per heavy atom. The fourth-order valence-corrected chi connectivity index (χ4v) is 4.24. The number of rotatable bonds is 10. The molecule has 32 heavy (non-hydrogen) atoms. The monoisotopic (exact) mass is 556 g/mol. The number of benzene rings is 1. The topological polar surface area (TPSA) is 58.1 Å². The number of aliphatic imine (C=N–C) groups is 1. The molecule has 0 aromatic heterocycles. The van der Waals surface area contributed by atoms with Gasteiger partial charge >= 0.3 is 0 Å². The molecule has 6 nitrogen and oxygen atoms in total. The van der Waals surface area contributed by atoms with E-state index in [0.717, 1.165) is 63.8 Å². The quantitative estimate of drug-likeness (QED) is 0.194. The number of allylic oxidation sites excluding steroid dienone is 1. The van der Waals surface area contributed by atoms with Gasteiger partial charge in [0.1, 0.15) is 12.4 Å². The first-order valence-corrected chi connectivity index (χ1v) is 11.9. The van der Waals surface area contributed by atoms with Crippen molar-refractivity contribution in [2.75, 3.05) is 47.0 Å². The highest BCUT2D eigenvalue weighted by Crippen LogP contribution is 2.19. The van der Waals surface area contributed by atoms with Gasteiger partial charge < -0.3 is 20.1 Å². The molecule has 3 rings (SSSR count). The molecule has 7 heteroatoms. The van der Waals surface area contributed by atoms with E-state index >= 15 is 0 Å². The van der Waals surface area contributed by atoms with Gasteiger partial charge in [0.2, 0.25) is 0 Å². The minimum absolute atomic E-state index is 0. The Bertz CT molecular complexity index is 720. The molecule has 0 saturated carbocycles. The van der Waals surface area contributed by atoms with Crippen LogP contribution >= 0.6 is 24.0 Å². The van der Waals surface area contributed by atoms with Gasteiger partial charge in [0.15, 0.2) is 5.96 Å². The molecule has 0 amide bonds. The number of ether oxygens (including phenoxy) is 2. The molecule has 1 saturated heterocycles. The summed E-state index contributed by atoms with van der Waals surface area (Å²) in [5.41, 5.74) is 2.77. The van der Waals surface area contributed by atoms with Crippen LogP contribution in [-0.4, -0.2) is 63.9 Å². The number of hydrogen-bond donors (Lipinski definition) is 2. The second kappa shape index (κ2) is 15.5. The van der Waals surface area contributed by atoms with E-state index in [1.54, 1.807) is 5.57 Å². The molecular formula is C25H41IN4O2. The van der Waals surface area contributed by atoms with Crippen molar-refractivity contribution in [3.05, 3.63) is 41.5 Å². The minimum atomic E-state index is 0. The van der Waals surface area contributed by atoms with Crippen molar-refractivity contribution in [2.45, 2.75) is 57.5 Å². The van der Waals surface area contributed by atoms with Crippen LogP contribution in [-0.2, 0) is 11.3 Å². The summed E-state index contributed by atoms with van der Waals surface area (Å²) in [6.07, 6.45) is 10.9. The van der Waals surface area contributed by atoms with Gasteiger partial charge in [-0.2, -0.15) is 0 Å². The molecular weight excluding hydrogens is 515 g/mol. The first kappa shape index (κ1) is 26.9. The number of guanidine groups is 1. The molecule has 0 atom stereocenters. The summed E-state index contributed by atoms with van der Waals surface area (Å²) >= 11 is 0. The molecule has 1 heterocycles. The van der Waals surface area contributed by atoms with Crippen molar-refractivity contribution in [1.29, 1.82) is 0 Å². The number of nitrogens with one attached hydrogen (secondary N) is 2. The van der Waals surface area contributed by atoms with Crippen molar-refractivity contribution in [2.24, 2.45) is 4.99 Å². The fourth-order valence-electron chi connectivity index (χ4n) is 4.24. The van der Waals surface area contributed by atoms with Gasteiger partial charge in [-0.1, -0.05) is 23.8 Å². The first-order chi connectivity index (χ1) is 15.2. The van der Waals surface area contributed by atoms with Crippen LogP contribution in [0.1, 0.15) is 50.5 Å². The zero-order valence-corrected chi connectivity index (χ0v) is 22.1. The highest BCUT2D eigenvalue weighted by molar-refractivity contribution is 14.0. The molecule has 1 aromatic rings. The zero-order chi connectivity index (χ0) is 21.7. The predicted octanol–water partition coefficient (Wildman–Crippen LogP) is 4.35. The Kier molecular flexibility index (Phi) is 13.0. The Hall–Kier alpha value is -1.32. The van der Waals surface area contributed by atoms with E-state index in [2.05, 4.69) is 51.8 Å². The number of nitrogens with zero attached hydrogens (tertiary/aromatic N) is 2. The maximum atomic E-state index is 6.02. The van der Waals surface area contributed by atoms with Crippen LogP contribution in [0.3, 0.4) is 0 Å². The Labute approximate surface area is 211 Å². The molecule has 180 valence electrons. The minimum Gasteiger partial charge on any atom is -0.492 e. The van der Waals surface area contributed by atoms with E-state index in [9.17, 15) is 0 Å². The third-order valence-electron chi connectivity index (χ3n) is 6.23. The van der Waals surface area contributed by atoms with Gasteiger partial charge in [0, 0.05) is 45.9 Å². The molecule has 0 radical (unpaired) electrons. The lowest BCUT2D eigenvalue weighted by Gasteiger charge is -2.31. The Morgan fingerprint density at radius 2 is 2.06 bits per heavy atom. The van der Waals surface area contributed by atoms with Gasteiger partial charge in [0.05, 0.1) is 0 Å². The summed E-state index contributed by atoms with van der Waals surface area (Å²) in [6.45, 7) is 5.03. The van der Waals surface area contributed by atoms with E-state index in [1.807, 2.05) is 13.1 Å². The standard InChI is InChI=1S/C25H40N4O2.HI/c1-26-25(27-14-11-21-7-4-3-5-8-21)28-20-22-9-6-10-24(19-22)31-18-15-29(2)23-12-16-30-17-13-23;/h6-7,9-10,19,23H,3-5,8,11-18,20H2,1-2H3,(H2,26,27,28);1H. The largest absolute Gasteiger partial charge is 0.492 e. The van der Waals surface area contributed by atoms with Gasteiger partial charge in [-0.05, 0) is 69.7 Å². The number of hydrogen-bond acceptors (Lipinski definition) is 4. The normalized spacial score (nSPS) is 17.5. The van der Waals surface area contributed by atoms with E-state index in [1.165, 1.54) is 31.2 Å². The molecule has 0 bridgehead atoms. The van der Waals surface area contributed by atoms with Gasteiger partial charge in [0.25, 0.3) is 0 Å². The zero-order valence-electron chi connectivity index (χ0n) is 19.8. The third-order valence-corrected chi connectivity index (χ3v) is 6.23. The van der Waals surface area contributed by atoms with E-state index in [0.29, 0.717) is 12.6 Å². The molecule has 2 aliphatic rings. The lowest BCUT2D eigenvalue weighted by atomic mass is 9.97. The second-order valence-corrected chi connectivity index (χ2v) is 8.53. The summed E-state index contributed by atoms with van der Waals surface area (Å²) < 4.78 is 11.5. The van der Waals surface area contributed by atoms with E-state index in [-0.39, 0.29) is 24.0 Å². The van der Waals surface area contributed by atoms with Crippen LogP contribution in [0, 0.1) is 0 Å². The Morgan fingerprint density at radius 1 is 1.22 bits per heavy atom. The van der Waals surface area contributed by atoms with E-state index in [4.69, 9.17) is 9.47 Å². The van der Waals surface area contributed by atoms with Gasteiger partial charge in [-0.15, -0.1) is 24.0 Å². The molecule has 1 aliphatic heterocycles. The molecule has 2 N–H and O–H groups in total. The van der Waals surface area contributed by atoms with Crippen molar-refractivity contribution in [3.63, 3.8) is 0 Å². The predicted molar refractivity (Wildman–Crippen MR) is 143 cm³/mol. The summed E-state index contributed by atoms with van der Waals surface area (Å²) in [5, 5.41) is 6.84. The number of likely N-dealkylation sites (N-methyl/N-ethyl adjacent to an activating group) is 1. The van der Waals surface area contributed by atoms with Crippen molar-refractivity contribution in [3.8, 4) is 5.75 Å². The van der Waals surface area contributed by atoms with Crippen LogP contribution in [0.25, 0.3) is 0 Å². The SMILES string of the molecule is CN=C(NCCC1=CCCCC1)NCc1cccc(OCCN(C)C2CCOCC2)c1.I. The lowest BCUT2D eigenvalue weighted by molar-refractivity contribution is 0.0392. The average Bonchev–Trinajstić information content (AvgIpc) is 2.82. The summed E-state index contributed by atoms with van der Waals surface area (Å²) in [5.74, 6) is 1.77. The highest BCUT2D eigenvalue weighted by Gasteiger charge is 2.18. The second-order valence-electron chi connectivity index (χ2n) is 8.53. The van der Waals surface area contributed by atoms with E-state index < -0.39 is 0 Å². The molecule has 0 unspecified atom stereocenters. The maximum absolute atomic E-state index is 6.02. The van der Waals surface area contributed by atoms with Crippen molar-refractivity contribution < 1.29 is 9.47 Å². The van der Waals surface area contributed by atoms with Gasteiger partial charge in [-0.3, -0.25) is 9.89 Å². The molecule has 0 spiro atoms. The highest BCUT2D eigenvalue weighted by atomic mass is 127. The van der Waals surface area contributed by atoms with Crippen LogP contribution in [0.5, 0.6) is 5.75 Å². The third kappa shape index (κ3) is 9.67. The van der Waals surface area contributed by atoms with Crippen molar-refractivity contribution >= 4 is 29.9 Å². The van der Waals surface area contributed by atoms with Crippen LogP contribution in [0.4, 0.5) is 0 Å². The molecule has 1 aromatic carbocycles. The van der Waals surface area contributed by atoms with Crippen LogP contribution in [0.2, 0.25) is 0 Å². The molecule has 1 fully saturated rings.